The first-order chi connectivity index (χ1) is 6.91. The first-order valence-corrected chi connectivity index (χ1v) is 3.77. The van der Waals surface area contributed by atoms with Crippen molar-refractivity contribution in [3.63, 3.8) is 0 Å². The molecule has 9 heteroatoms. The summed E-state index contributed by atoms with van der Waals surface area (Å²) >= 11 is 0. The second-order valence-electron chi connectivity index (χ2n) is 2.71. The van der Waals surface area contributed by atoms with Crippen LogP contribution < -0.4 is 0 Å². The van der Waals surface area contributed by atoms with Gasteiger partial charge < -0.3 is 15.3 Å². The molecule has 6 nitrogen and oxygen atoms in total. The number of benzene rings is 1. The summed E-state index contributed by atoms with van der Waals surface area (Å²) in [6, 6.07) is 2.70. The molecule has 3 N–H and O–H groups in total. The van der Waals surface area contributed by atoms with Gasteiger partial charge in [0.1, 0.15) is 0 Å². The van der Waals surface area contributed by atoms with Gasteiger partial charge in [-0.25, -0.2) is 14.4 Å². The van der Waals surface area contributed by atoms with Gasteiger partial charge in [-0.05, 0) is 18.2 Å². The van der Waals surface area contributed by atoms with Crippen LogP contribution in [0.2, 0.25) is 0 Å². The Balaban J connectivity index is -0.000000750. The summed E-state index contributed by atoms with van der Waals surface area (Å²) in [6.45, 7) is 0. The number of rotatable bonds is 3. The molecule has 0 saturated carbocycles. The zero-order valence-electron chi connectivity index (χ0n) is 8.20. The molecule has 111 valence electrons. The topological polar surface area (TPSA) is 112 Å². The Morgan fingerprint density at radius 1 is 0.611 bits per heavy atom. The molecule has 0 atom stereocenters. The molecule has 18 heavy (non-hydrogen) atoms. The average molecular weight is 534 g/mol. The van der Waals surface area contributed by atoms with Crippen molar-refractivity contribution in [3.8, 4) is 0 Å². The molecule has 0 aromatic heterocycles. The third-order valence-electron chi connectivity index (χ3n) is 1.67. The summed E-state index contributed by atoms with van der Waals surface area (Å²) in [4.78, 5) is 31.7. The smallest absolute Gasteiger partial charge is 0.335 e. The van der Waals surface area contributed by atoms with Crippen LogP contribution in [-0.2, 0) is 67.1 Å². The summed E-state index contributed by atoms with van der Waals surface area (Å²) in [7, 11) is 0. The minimum atomic E-state index is -1.37. The molecule has 0 unspecified atom stereocenters. The van der Waals surface area contributed by atoms with E-state index in [0.717, 1.165) is 18.2 Å². The molecule has 3 radical (unpaired) electrons. The molecule has 1 rings (SSSR count). The minimum Gasteiger partial charge on any atom is -0.478 e. The van der Waals surface area contributed by atoms with E-state index < -0.39 is 17.9 Å². The number of carboxylic acid groups (broad SMARTS) is 3. The zero-order chi connectivity index (χ0) is 11.6. The molecule has 0 aliphatic rings. The Labute approximate surface area is 148 Å². The van der Waals surface area contributed by atoms with E-state index in [1.165, 1.54) is 0 Å². The first kappa shape index (κ1) is 23.0. The monoisotopic (exact) mass is 531 g/mol. The fraction of sp³-hybridized carbons (Fsp3) is 0. The molecule has 0 fully saturated rings. The number of carboxylic acids is 3. The largest absolute Gasteiger partial charge is 0.478 e. The van der Waals surface area contributed by atoms with Gasteiger partial charge >= 0.3 is 17.9 Å². The van der Waals surface area contributed by atoms with Gasteiger partial charge in [0.25, 0.3) is 0 Å². The molecular formula is C9H6Ag3O6. The standard InChI is InChI=1S/C9H6O6.3Ag/c10-7(11)4-1-5(8(12)13)3-6(2-4)9(14)15;;;/h1-3H,(H,10,11)(H,12,13)(H,14,15);;;. The van der Waals surface area contributed by atoms with Gasteiger partial charge in [0.2, 0.25) is 0 Å². The molecule has 1 aromatic carbocycles. The van der Waals surface area contributed by atoms with E-state index in [9.17, 15) is 14.4 Å². The summed E-state index contributed by atoms with van der Waals surface area (Å²) < 4.78 is 0. The first-order valence-electron chi connectivity index (χ1n) is 3.77. The Morgan fingerprint density at radius 3 is 0.889 bits per heavy atom. The normalized spacial score (nSPS) is 8.00. The van der Waals surface area contributed by atoms with E-state index in [2.05, 4.69) is 0 Å². The van der Waals surface area contributed by atoms with Crippen LogP contribution in [0.15, 0.2) is 18.2 Å². The molecule has 0 amide bonds. The van der Waals surface area contributed by atoms with Crippen molar-refractivity contribution >= 4 is 17.9 Å². The van der Waals surface area contributed by atoms with Crippen LogP contribution in [0.25, 0.3) is 0 Å². The van der Waals surface area contributed by atoms with E-state index in [0.29, 0.717) is 0 Å². The maximum Gasteiger partial charge on any atom is 0.335 e. The summed E-state index contributed by atoms with van der Waals surface area (Å²) in [5.41, 5.74) is -1.10. The summed E-state index contributed by atoms with van der Waals surface area (Å²) in [5.74, 6) is -4.12. The van der Waals surface area contributed by atoms with E-state index in [4.69, 9.17) is 15.3 Å². The second kappa shape index (κ2) is 9.74. The van der Waals surface area contributed by atoms with Crippen LogP contribution in [0.1, 0.15) is 31.1 Å². The predicted molar refractivity (Wildman–Crippen MR) is 47.3 cm³/mol. The van der Waals surface area contributed by atoms with Gasteiger partial charge in [-0.3, -0.25) is 0 Å². The fourth-order valence-corrected chi connectivity index (χ4v) is 0.998. The van der Waals surface area contributed by atoms with Crippen molar-refractivity contribution in [1.29, 1.82) is 0 Å². The summed E-state index contributed by atoms with van der Waals surface area (Å²) in [6.07, 6.45) is 0. The molecule has 0 spiro atoms. The van der Waals surface area contributed by atoms with E-state index in [-0.39, 0.29) is 83.8 Å². The van der Waals surface area contributed by atoms with Crippen molar-refractivity contribution < 1.29 is 96.8 Å². The molecule has 0 aliphatic heterocycles. The van der Waals surface area contributed by atoms with E-state index in [1.54, 1.807) is 0 Å². The van der Waals surface area contributed by atoms with Gasteiger partial charge in [0, 0.05) is 67.1 Å². The van der Waals surface area contributed by atoms with Crippen molar-refractivity contribution in [2.24, 2.45) is 0 Å². The van der Waals surface area contributed by atoms with Crippen LogP contribution in [0.3, 0.4) is 0 Å². The third kappa shape index (κ3) is 6.15. The van der Waals surface area contributed by atoms with Crippen molar-refractivity contribution in [3.05, 3.63) is 34.9 Å². The number of aromatic carboxylic acids is 3. The van der Waals surface area contributed by atoms with Gasteiger partial charge in [-0.2, -0.15) is 0 Å². The van der Waals surface area contributed by atoms with Crippen molar-refractivity contribution in [2.45, 2.75) is 0 Å². The summed E-state index contributed by atoms with van der Waals surface area (Å²) in [5, 5.41) is 25.8. The second-order valence-corrected chi connectivity index (χ2v) is 2.71. The molecular weight excluding hydrogens is 528 g/mol. The average Bonchev–Trinajstić information content (AvgIpc) is 2.16. The Bertz CT molecular complexity index is 381. The third-order valence-corrected chi connectivity index (χ3v) is 1.67. The maximum absolute atomic E-state index is 10.6. The van der Waals surface area contributed by atoms with Gasteiger partial charge in [-0.15, -0.1) is 0 Å². The molecule has 0 bridgehead atoms. The van der Waals surface area contributed by atoms with Crippen LogP contribution in [0, 0.1) is 0 Å². The fourth-order valence-electron chi connectivity index (χ4n) is 0.998. The predicted octanol–water partition coefficient (Wildman–Crippen LogP) is 0.774. The molecule has 1 aromatic rings. The molecule has 0 aliphatic carbocycles. The molecule has 0 heterocycles. The quantitative estimate of drug-likeness (QED) is 0.495. The maximum atomic E-state index is 10.6. The van der Waals surface area contributed by atoms with Crippen molar-refractivity contribution in [2.75, 3.05) is 0 Å². The van der Waals surface area contributed by atoms with Crippen LogP contribution >= 0.6 is 0 Å². The molecule has 0 saturated heterocycles. The number of hydrogen-bond donors (Lipinski definition) is 3. The zero-order valence-corrected chi connectivity index (χ0v) is 12.6. The van der Waals surface area contributed by atoms with E-state index in [1.807, 2.05) is 0 Å². The SMILES string of the molecule is O=C(O)c1cc(C(=O)O)cc(C(=O)O)c1.[Ag].[Ag].[Ag]. The van der Waals surface area contributed by atoms with Gasteiger partial charge in [0.15, 0.2) is 0 Å². The van der Waals surface area contributed by atoms with E-state index >= 15 is 0 Å². The van der Waals surface area contributed by atoms with Crippen LogP contribution in [-0.4, -0.2) is 33.2 Å². The Morgan fingerprint density at radius 2 is 0.778 bits per heavy atom. The number of hydrogen-bond acceptors (Lipinski definition) is 3. The van der Waals surface area contributed by atoms with Crippen LogP contribution in [0.5, 0.6) is 0 Å². The Hall–Kier alpha value is -0.149. The van der Waals surface area contributed by atoms with Crippen LogP contribution in [0.4, 0.5) is 0 Å². The van der Waals surface area contributed by atoms with Crippen molar-refractivity contribution in [1.82, 2.24) is 0 Å². The van der Waals surface area contributed by atoms with Gasteiger partial charge in [-0.1, -0.05) is 0 Å². The van der Waals surface area contributed by atoms with Gasteiger partial charge in [0.05, 0.1) is 16.7 Å². The number of carbonyl (C=O) groups is 3. The minimum absolute atomic E-state index is 0. The Kier molecular flexibility index (Phi) is 12.4.